The van der Waals surface area contributed by atoms with Crippen molar-refractivity contribution in [2.24, 2.45) is 5.73 Å². The Morgan fingerprint density at radius 2 is 1.62 bits per heavy atom. The summed E-state index contributed by atoms with van der Waals surface area (Å²) in [6, 6.07) is 24.2. The Balaban J connectivity index is 1.77. The highest BCUT2D eigenvalue weighted by atomic mass is 32.2. The van der Waals surface area contributed by atoms with Gasteiger partial charge in [-0.15, -0.1) is 10.2 Å². The van der Waals surface area contributed by atoms with Crippen molar-refractivity contribution in [1.82, 2.24) is 19.2 Å². The molecule has 8 heteroatoms. The van der Waals surface area contributed by atoms with E-state index in [4.69, 9.17) is 5.73 Å². The van der Waals surface area contributed by atoms with Crippen molar-refractivity contribution in [1.29, 1.82) is 0 Å². The minimum absolute atomic E-state index is 0.185. The highest BCUT2D eigenvalue weighted by Crippen LogP contribution is 2.35. The summed E-state index contributed by atoms with van der Waals surface area (Å²) >= 11 is 1.21. The van der Waals surface area contributed by atoms with E-state index in [1.165, 1.54) is 11.8 Å². The number of fused-ring (bicyclic) bond motifs is 3. The zero-order valence-corrected chi connectivity index (χ0v) is 18.0. The first-order valence-electron chi connectivity index (χ1n) is 10.0. The number of benzene rings is 3. The third-order valence-corrected chi connectivity index (χ3v) is 6.49. The average Bonchev–Trinajstić information content (AvgIpc) is 3.22. The van der Waals surface area contributed by atoms with Crippen LogP contribution in [0, 0.1) is 6.92 Å². The van der Waals surface area contributed by atoms with Crippen molar-refractivity contribution >= 4 is 34.3 Å². The van der Waals surface area contributed by atoms with Crippen LogP contribution in [0.25, 0.3) is 22.4 Å². The van der Waals surface area contributed by atoms with Crippen LogP contribution in [0.5, 0.6) is 0 Å². The van der Waals surface area contributed by atoms with E-state index in [1.807, 2.05) is 79.7 Å². The van der Waals surface area contributed by atoms with Gasteiger partial charge in [0.05, 0.1) is 16.6 Å². The Bertz CT molecular complexity index is 1510. The quantitative estimate of drug-likeness (QED) is 0.420. The van der Waals surface area contributed by atoms with E-state index in [-0.39, 0.29) is 5.56 Å². The van der Waals surface area contributed by atoms with Crippen molar-refractivity contribution in [3.05, 3.63) is 100 Å². The van der Waals surface area contributed by atoms with Gasteiger partial charge >= 0.3 is 0 Å². The molecule has 158 valence electrons. The van der Waals surface area contributed by atoms with Gasteiger partial charge < -0.3 is 5.73 Å². The van der Waals surface area contributed by atoms with E-state index in [0.717, 1.165) is 11.1 Å². The van der Waals surface area contributed by atoms with Crippen molar-refractivity contribution in [2.45, 2.75) is 17.3 Å². The topological polar surface area (TPSA) is 95.3 Å². The molecule has 0 fully saturated rings. The third kappa shape index (κ3) is 3.34. The fraction of sp³-hybridized carbons (Fsp3) is 0.0833. The lowest BCUT2D eigenvalue weighted by molar-refractivity contribution is -0.117. The number of aryl methyl sites for hydroxylation is 1. The molecule has 0 aliphatic carbocycles. The molecule has 0 saturated heterocycles. The normalized spacial score (nSPS) is 12.3. The molecule has 0 radical (unpaired) electrons. The van der Waals surface area contributed by atoms with Crippen LogP contribution in [-0.2, 0) is 4.79 Å². The average molecular weight is 442 g/mol. The largest absolute Gasteiger partial charge is 0.368 e. The Morgan fingerprint density at radius 3 is 2.34 bits per heavy atom. The second-order valence-corrected chi connectivity index (χ2v) is 8.49. The molecule has 3 aromatic carbocycles. The van der Waals surface area contributed by atoms with Crippen molar-refractivity contribution < 1.29 is 4.79 Å². The van der Waals surface area contributed by atoms with E-state index >= 15 is 0 Å². The summed E-state index contributed by atoms with van der Waals surface area (Å²) in [5.74, 6) is -0.106. The van der Waals surface area contributed by atoms with Gasteiger partial charge in [0.15, 0.2) is 5.16 Å². The van der Waals surface area contributed by atoms with Crippen molar-refractivity contribution in [3.8, 4) is 5.69 Å². The number of primary amides is 1. The van der Waals surface area contributed by atoms with Crippen LogP contribution in [-0.4, -0.2) is 25.1 Å². The number of amides is 1. The number of carbonyl (C=O) groups is 1. The highest BCUT2D eigenvalue weighted by molar-refractivity contribution is 8.00. The summed E-state index contributed by atoms with van der Waals surface area (Å²) in [6.07, 6.45) is 0. The lowest BCUT2D eigenvalue weighted by Crippen LogP contribution is -2.22. The molecule has 1 unspecified atom stereocenters. The predicted molar refractivity (Wildman–Crippen MR) is 125 cm³/mol. The van der Waals surface area contributed by atoms with Gasteiger partial charge in [0.25, 0.3) is 5.56 Å². The first kappa shape index (κ1) is 20.0. The van der Waals surface area contributed by atoms with Gasteiger partial charge in [0.2, 0.25) is 11.7 Å². The van der Waals surface area contributed by atoms with Crippen molar-refractivity contribution in [3.63, 3.8) is 0 Å². The molecule has 1 amide bonds. The summed E-state index contributed by atoms with van der Waals surface area (Å²) in [6.45, 7) is 1.99. The number of nitrogens with two attached hydrogens (primary N) is 1. The van der Waals surface area contributed by atoms with Crippen LogP contribution in [0.15, 0.2) is 88.8 Å². The number of aromatic nitrogens is 4. The number of thioether (sulfide) groups is 1. The molecule has 7 nitrogen and oxygen atoms in total. The molecule has 32 heavy (non-hydrogen) atoms. The van der Waals surface area contributed by atoms with Crippen LogP contribution >= 0.6 is 11.8 Å². The molecular weight excluding hydrogens is 422 g/mol. The standard InChI is InChI=1S/C24H19N5O2S/c1-15-11-13-17(14-12-15)28-22(31)18-9-5-6-10-19(18)29-23(28)26-27-24(29)32-20(21(25)30)16-7-3-2-4-8-16/h2-14,20H,1H3,(H2,25,30). The molecule has 5 rings (SSSR count). The first-order chi connectivity index (χ1) is 15.5. The molecule has 1 atom stereocenters. The van der Waals surface area contributed by atoms with Crippen LogP contribution in [0.3, 0.4) is 0 Å². The van der Waals surface area contributed by atoms with Crippen LogP contribution in [0.4, 0.5) is 0 Å². The lowest BCUT2D eigenvalue weighted by atomic mass is 10.1. The van der Waals surface area contributed by atoms with E-state index in [0.29, 0.717) is 27.5 Å². The summed E-state index contributed by atoms with van der Waals surface area (Å²) in [4.78, 5) is 25.7. The lowest BCUT2D eigenvalue weighted by Gasteiger charge is -2.14. The predicted octanol–water partition coefficient (Wildman–Crippen LogP) is 3.66. The number of rotatable bonds is 5. The molecule has 2 N–H and O–H groups in total. The fourth-order valence-electron chi connectivity index (χ4n) is 3.71. The van der Waals surface area contributed by atoms with E-state index < -0.39 is 11.2 Å². The van der Waals surface area contributed by atoms with Gasteiger partial charge in [-0.1, -0.05) is 71.9 Å². The Hall–Kier alpha value is -3.91. The minimum Gasteiger partial charge on any atom is -0.368 e. The third-order valence-electron chi connectivity index (χ3n) is 5.27. The highest BCUT2D eigenvalue weighted by Gasteiger charge is 2.24. The smallest absolute Gasteiger partial charge is 0.267 e. The van der Waals surface area contributed by atoms with E-state index in [9.17, 15) is 9.59 Å². The van der Waals surface area contributed by atoms with Gasteiger partial charge in [0, 0.05) is 0 Å². The fourth-order valence-corrected chi connectivity index (χ4v) is 4.70. The number of hydrogen-bond donors (Lipinski definition) is 1. The Kier molecular flexibility index (Phi) is 4.99. The van der Waals surface area contributed by atoms with E-state index in [2.05, 4.69) is 10.2 Å². The maximum Gasteiger partial charge on any atom is 0.267 e. The molecule has 0 bridgehead atoms. The molecule has 2 heterocycles. The summed E-state index contributed by atoms with van der Waals surface area (Å²) < 4.78 is 3.35. The first-order valence-corrected chi connectivity index (χ1v) is 10.9. The second-order valence-electron chi connectivity index (χ2n) is 7.42. The van der Waals surface area contributed by atoms with Gasteiger partial charge in [-0.25, -0.2) is 4.57 Å². The summed E-state index contributed by atoms with van der Waals surface area (Å²) in [5.41, 5.74) is 8.76. The zero-order chi connectivity index (χ0) is 22.2. The number of para-hydroxylation sites is 1. The van der Waals surface area contributed by atoms with E-state index in [1.54, 1.807) is 15.0 Å². The molecule has 0 aliphatic heterocycles. The SMILES string of the molecule is Cc1ccc(-n2c(=O)c3ccccc3n3c(SC(C(N)=O)c4ccccc4)nnc23)cc1. The van der Waals surface area contributed by atoms with Crippen LogP contribution in [0.1, 0.15) is 16.4 Å². The van der Waals surface area contributed by atoms with Gasteiger partial charge in [0.1, 0.15) is 5.25 Å². The van der Waals surface area contributed by atoms with Crippen LogP contribution < -0.4 is 11.3 Å². The summed E-state index contributed by atoms with van der Waals surface area (Å²) in [7, 11) is 0. The molecule has 0 saturated carbocycles. The zero-order valence-electron chi connectivity index (χ0n) is 17.2. The molecule has 0 aliphatic rings. The van der Waals surface area contributed by atoms with Crippen molar-refractivity contribution in [2.75, 3.05) is 0 Å². The Morgan fingerprint density at radius 1 is 0.938 bits per heavy atom. The number of nitrogens with zero attached hydrogens (tertiary/aromatic N) is 4. The number of carbonyl (C=O) groups excluding carboxylic acids is 1. The van der Waals surface area contributed by atoms with Crippen LogP contribution in [0.2, 0.25) is 0 Å². The molecule has 0 spiro atoms. The molecule has 5 aromatic rings. The minimum atomic E-state index is -0.651. The maximum absolute atomic E-state index is 13.4. The Labute approximate surface area is 187 Å². The molecular formula is C24H19N5O2S. The molecule has 2 aromatic heterocycles. The summed E-state index contributed by atoms with van der Waals surface area (Å²) in [5, 5.41) is 9.04. The van der Waals surface area contributed by atoms with Gasteiger partial charge in [-0.2, -0.15) is 0 Å². The monoisotopic (exact) mass is 441 g/mol. The van der Waals surface area contributed by atoms with Gasteiger partial charge in [-0.3, -0.25) is 14.0 Å². The van der Waals surface area contributed by atoms with Gasteiger partial charge in [-0.05, 0) is 36.8 Å². The second kappa shape index (κ2) is 7.97. The maximum atomic E-state index is 13.4. The number of hydrogen-bond acceptors (Lipinski definition) is 5.